The molecule has 0 amide bonds. The predicted octanol–water partition coefficient (Wildman–Crippen LogP) is 1.04. The van der Waals surface area contributed by atoms with Crippen molar-refractivity contribution in [2.75, 3.05) is 25.5 Å². The minimum absolute atomic E-state index is 0.794. The average molecular weight is 194 g/mol. The maximum absolute atomic E-state index is 4.44. The van der Waals surface area contributed by atoms with Crippen molar-refractivity contribution in [3.05, 3.63) is 18.1 Å². The molecule has 0 radical (unpaired) electrons. The topological polar surface area (TPSA) is 41.1 Å². The van der Waals surface area contributed by atoms with E-state index in [0.29, 0.717) is 0 Å². The van der Waals surface area contributed by atoms with E-state index in [1.807, 2.05) is 19.0 Å². The zero-order chi connectivity index (χ0) is 10.4. The van der Waals surface area contributed by atoms with Crippen molar-refractivity contribution in [1.29, 1.82) is 0 Å². The van der Waals surface area contributed by atoms with Crippen LogP contribution in [0.3, 0.4) is 0 Å². The molecule has 1 N–H and O–H groups in total. The number of nitrogens with zero attached hydrogens (tertiary/aromatic N) is 3. The molecular formula is C10H18N4. The Morgan fingerprint density at radius 3 is 2.79 bits per heavy atom. The molecule has 0 aliphatic rings. The number of rotatable bonds is 5. The minimum Gasteiger partial charge on any atom is -0.361 e. The average Bonchev–Trinajstić information content (AvgIpc) is 2.19. The molecule has 1 aromatic heterocycles. The summed E-state index contributed by atoms with van der Waals surface area (Å²) in [5.41, 5.74) is 0.990. The molecule has 0 aliphatic heterocycles. The Labute approximate surface area is 85.4 Å². The SMILES string of the molecule is CCCNCc1cncc(N(C)C)n1. The second-order valence-electron chi connectivity index (χ2n) is 3.44. The molecule has 14 heavy (non-hydrogen) atoms. The van der Waals surface area contributed by atoms with Gasteiger partial charge < -0.3 is 10.2 Å². The number of hydrogen-bond donors (Lipinski definition) is 1. The molecule has 78 valence electrons. The molecule has 0 spiro atoms. The molecule has 0 saturated heterocycles. The van der Waals surface area contributed by atoms with E-state index in [0.717, 1.165) is 31.0 Å². The van der Waals surface area contributed by atoms with Gasteiger partial charge in [0.2, 0.25) is 0 Å². The van der Waals surface area contributed by atoms with Crippen LogP contribution in [-0.4, -0.2) is 30.6 Å². The molecule has 0 aromatic carbocycles. The fourth-order valence-electron chi connectivity index (χ4n) is 1.09. The van der Waals surface area contributed by atoms with Crippen molar-refractivity contribution in [2.45, 2.75) is 19.9 Å². The van der Waals surface area contributed by atoms with E-state index in [9.17, 15) is 0 Å². The highest BCUT2D eigenvalue weighted by molar-refractivity contribution is 5.33. The van der Waals surface area contributed by atoms with E-state index in [-0.39, 0.29) is 0 Å². The fraction of sp³-hybridized carbons (Fsp3) is 0.600. The van der Waals surface area contributed by atoms with Gasteiger partial charge in [0.05, 0.1) is 11.9 Å². The van der Waals surface area contributed by atoms with Gasteiger partial charge in [-0.25, -0.2) is 4.98 Å². The minimum atomic E-state index is 0.794. The Morgan fingerprint density at radius 2 is 2.14 bits per heavy atom. The van der Waals surface area contributed by atoms with Crippen molar-refractivity contribution in [3.8, 4) is 0 Å². The predicted molar refractivity (Wildman–Crippen MR) is 58.4 cm³/mol. The van der Waals surface area contributed by atoms with Gasteiger partial charge >= 0.3 is 0 Å². The molecule has 0 unspecified atom stereocenters. The molecule has 0 bridgehead atoms. The Morgan fingerprint density at radius 1 is 1.36 bits per heavy atom. The van der Waals surface area contributed by atoms with Gasteiger partial charge in [0.15, 0.2) is 0 Å². The third-order valence-electron chi connectivity index (χ3n) is 1.86. The van der Waals surface area contributed by atoms with Crippen molar-refractivity contribution in [1.82, 2.24) is 15.3 Å². The summed E-state index contributed by atoms with van der Waals surface area (Å²) in [5, 5.41) is 3.30. The molecule has 0 atom stereocenters. The second kappa shape index (κ2) is 5.54. The lowest BCUT2D eigenvalue weighted by molar-refractivity contribution is 0.661. The number of nitrogens with one attached hydrogen (secondary N) is 1. The maximum atomic E-state index is 4.44. The summed E-state index contributed by atoms with van der Waals surface area (Å²) < 4.78 is 0. The standard InChI is InChI=1S/C10H18N4/c1-4-5-11-6-9-7-12-8-10(13-9)14(2)3/h7-8,11H,4-6H2,1-3H3. The second-order valence-corrected chi connectivity index (χ2v) is 3.44. The van der Waals surface area contributed by atoms with Crippen molar-refractivity contribution in [3.63, 3.8) is 0 Å². The Hall–Kier alpha value is -1.16. The van der Waals surface area contributed by atoms with Crippen LogP contribution in [0.5, 0.6) is 0 Å². The van der Waals surface area contributed by atoms with Gasteiger partial charge in [0.1, 0.15) is 5.82 Å². The highest BCUT2D eigenvalue weighted by Crippen LogP contribution is 2.04. The number of hydrogen-bond acceptors (Lipinski definition) is 4. The van der Waals surface area contributed by atoms with Crippen molar-refractivity contribution in [2.24, 2.45) is 0 Å². The van der Waals surface area contributed by atoms with Crippen LogP contribution in [0.4, 0.5) is 5.82 Å². The summed E-state index contributed by atoms with van der Waals surface area (Å²) in [5.74, 6) is 0.904. The third-order valence-corrected chi connectivity index (χ3v) is 1.86. The Bertz CT molecular complexity index is 273. The summed E-state index contributed by atoms with van der Waals surface area (Å²) in [6.07, 6.45) is 4.71. The quantitative estimate of drug-likeness (QED) is 0.711. The van der Waals surface area contributed by atoms with Gasteiger partial charge in [-0.15, -0.1) is 0 Å². The summed E-state index contributed by atoms with van der Waals surface area (Å²) >= 11 is 0. The lowest BCUT2D eigenvalue weighted by Gasteiger charge is -2.11. The Kier molecular flexibility index (Phi) is 4.32. The van der Waals surface area contributed by atoms with Crippen LogP contribution in [0.25, 0.3) is 0 Å². The molecule has 0 fully saturated rings. The summed E-state index contributed by atoms with van der Waals surface area (Å²) in [4.78, 5) is 10.5. The molecule has 1 heterocycles. The van der Waals surface area contributed by atoms with Crippen LogP contribution in [0.15, 0.2) is 12.4 Å². The van der Waals surface area contributed by atoms with Gasteiger partial charge in [-0.1, -0.05) is 6.92 Å². The molecule has 1 rings (SSSR count). The van der Waals surface area contributed by atoms with Crippen LogP contribution in [0.1, 0.15) is 19.0 Å². The van der Waals surface area contributed by atoms with Crippen molar-refractivity contribution < 1.29 is 0 Å². The van der Waals surface area contributed by atoms with Crippen LogP contribution < -0.4 is 10.2 Å². The first kappa shape index (κ1) is 10.9. The zero-order valence-corrected chi connectivity index (χ0v) is 9.12. The lowest BCUT2D eigenvalue weighted by Crippen LogP contribution is -2.17. The lowest BCUT2D eigenvalue weighted by atomic mass is 10.4. The first-order valence-corrected chi connectivity index (χ1v) is 4.93. The van der Waals surface area contributed by atoms with E-state index in [1.165, 1.54) is 0 Å². The van der Waals surface area contributed by atoms with Gasteiger partial charge in [-0.05, 0) is 13.0 Å². The summed E-state index contributed by atoms with van der Waals surface area (Å²) in [6.45, 7) is 3.96. The molecule has 0 saturated carbocycles. The van der Waals surface area contributed by atoms with E-state index in [2.05, 4.69) is 22.2 Å². The van der Waals surface area contributed by atoms with Gasteiger partial charge in [0, 0.05) is 26.8 Å². The van der Waals surface area contributed by atoms with Crippen LogP contribution >= 0.6 is 0 Å². The Balaban J connectivity index is 2.55. The highest BCUT2D eigenvalue weighted by atomic mass is 15.1. The van der Waals surface area contributed by atoms with Gasteiger partial charge in [-0.2, -0.15) is 0 Å². The zero-order valence-electron chi connectivity index (χ0n) is 9.12. The molecule has 4 heteroatoms. The third kappa shape index (κ3) is 3.30. The summed E-state index contributed by atoms with van der Waals surface area (Å²) in [7, 11) is 3.93. The van der Waals surface area contributed by atoms with E-state index in [4.69, 9.17) is 0 Å². The van der Waals surface area contributed by atoms with E-state index in [1.54, 1.807) is 12.4 Å². The highest BCUT2D eigenvalue weighted by Gasteiger charge is 1.99. The van der Waals surface area contributed by atoms with Crippen molar-refractivity contribution >= 4 is 5.82 Å². The first-order valence-electron chi connectivity index (χ1n) is 4.93. The van der Waals surface area contributed by atoms with Crippen LogP contribution in [0.2, 0.25) is 0 Å². The first-order chi connectivity index (χ1) is 6.74. The summed E-state index contributed by atoms with van der Waals surface area (Å²) in [6, 6.07) is 0. The van der Waals surface area contributed by atoms with Gasteiger partial charge in [-0.3, -0.25) is 4.98 Å². The molecular weight excluding hydrogens is 176 g/mol. The smallest absolute Gasteiger partial charge is 0.146 e. The number of anilines is 1. The van der Waals surface area contributed by atoms with E-state index < -0.39 is 0 Å². The largest absolute Gasteiger partial charge is 0.361 e. The maximum Gasteiger partial charge on any atom is 0.146 e. The fourth-order valence-corrected chi connectivity index (χ4v) is 1.09. The van der Waals surface area contributed by atoms with E-state index >= 15 is 0 Å². The molecule has 1 aromatic rings. The molecule has 0 aliphatic carbocycles. The van der Waals surface area contributed by atoms with Crippen LogP contribution in [0, 0.1) is 0 Å². The number of aromatic nitrogens is 2. The van der Waals surface area contributed by atoms with Crippen LogP contribution in [-0.2, 0) is 6.54 Å². The monoisotopic (exact) mass is 194 g/mol. The molecule has 4 nitrogen and oxygen atoms in total. The van der Waals surface area contributed by atoms with Gasteiger partial charge in [0.25, 0.3) is 0 Å². The normalized spacial score (nSPS) is 10.2.